The Labute approximate surface area is 79.2 Å². The van der Waals surface area contributed by atoms with Gasteiger partial charge >= 0.3 is 19.5 Å². The van der Waals surface area contributed by atoms with Gasteiger partial charge in [-0.2, -0.15) is 10.6 Å². The summed E-state index contributed by atoms with van der Waals surface area (Å²) in [6, 6.07) is 5.47. The van der Waals surface area contributed by atoms with Crippen molar-refractivity contribution in [1.82, 2.24) is 0 Å². The molecule has 0 atom stereocenters. The minimum absolute atomic E-state index is 0. The Morgan fingerprint density at radius 3 is 2.40 bits per heavy atom. The standard InChI is InChI=1S/C7H8NS.Zn/c1-5-2-3-7(9)6(8)4-5;/h2-4,8-9H,1H3;/q-1;+2/p-1. The minimum Gasteiger partial charge on any atom is -0.781 e. The van der Waals surface area contributed by atoms with Crippen LogP contribution in [0.4, 0.5) is 5.69 Å². The number of nitrogens with one attached hydrogen (secondary N) is 1. The van der Waals surface area contributed by atoms with Crippen molar-refractivity contribution in [3.63, 3.8) is 0 Å². The molecule has 0 fully saturated rings. The largest absolute Gasteiger partial charge is 2.00 e. The third-order valence-corrected chi connectivity index (χ3v) is 1.49. The van der Waals surface area contributed by atoms with Gasteiger partial charge < -0.3 is 18.4 Å². The predicted octanol–water partition coefficient (Wildman–Crippen LogP) is 2.58. The van der Waals surface area contributed by atoms with Crippen LogP contribution in [0.1, 0.15) is 5.56 Å². The second-order valence-corrected chi connectivity index (χ2v) is 2.44. The average Bonchev–Trinajstić information content (AvgIpc) is 1.80. The SMILES string of the molecule is Cc1ccc([S-])c([NH-])c1.[Zn+2]. The van der Waals surface area contributed by atoms with Crippen LogP contribution in [0.15, 0.2) is 23.1 Å². The second kappa shape index (κ2) is 3.89. The van der Waals surface area contributed by atoms with E-state index in [-0.39, 0.29) is 19.5 Å². The molecule has 1 aromatic carbocycles. The van der Waals surface area contributed by atoms with Crippen molar-refractivity contribution in [2.75, 3.05) is 0 Å². The van der Waals surface area contributed by atoms with Crippen LogP contribution < -0.4 is 0 Å². The van der Waals surface area contributed by atoms with Crippen molar-refractivity contribution < 1.29 is 19.5 Å². The fourth-order valence-electron chi connectivity index (χ4n) is 0.644. The van der Waals surface area contributed by atoms with Gasteiger partial charge in [0.15, 0.2) is 0 Å². The Morgan fingerprint density at radius 1 is 1.40 bits per heavy atom. The molecule has 0 amide bonds. The van der Waals surface area contributed by atoms with Gasteiger partial charge in [0.25, 0.3) is 0 Å². The molecule has 1 rings (SSSR count). The molecule has 1 nitrogen and oxygen atoms in total. The summed E-state index contributed by atoms with van der Waals surface area (Å²) in [5.74, 6) is 0. The average molecular weight is 203 g/mol. The molecule has 0 aromatic heterocycles. The van der Waals surface area contributed by atoms with Crippen LogP contribution in [-0.4, -0.2) is 0 Å². The molecule has 48 valence electrons. The first-order valence-electron chi connectivity index (χ1n) is 2.69. The Balaban J connectivity index is 0.000000810. The second-order valence-electron chi connectivity index (χ2n) is 2.00. The van der Waals surface area contributed by atoms with Crippen molar-refractivity contribution in [2.24, 2.45) is 0 Å². The van der Waals surface area contributed by atoms with Crippen LogP contribution in [0.3, 0.4) is 0 Å². The normalized spacial score (nSPS) is 8.50. The molecule has 0 saturated heterocycles. The van der Waals surface area contributed by atoms with E-state index in [9.17, 15) is 0 Å². The van der Waals surface area contributed by atoms with Crippen LogP contribution in [0, 0.1) is 6.92 Å². The fraction of sp³-hybridized carbons (Fsp3) is 0.143. The maximum absolute atomic E-state index is 7.26. The van der Waals surface area contributed by atoms with Gasteiger partial charge in [-0.3, -0.25) is 0 Å². The number of rotatable bonds is 0. The van der Waals surface area contributed by atoms with E-state index < -0.39 is 0 Å². The summed E-state index contributed by atoms with van der Waals surface area (Å²) < 4.78 is 0. The Morgan fingerprint density at radius 2 is 2.00 bits per heavy atom. The van der Waals surface area contributed by atoms with Crippen molar-refractivity contribution in [2.45, 2.75) is 11.8 Å². The number of aryl methyl sites for hydroxylation is 1. The molecular formula is C7H7NSZn. The summed E-state index contributed by atoms with van der Waals surface area (Å²) in [6.07, 6.45) is 0. The van der Waals surface area contributed by atoms with Gasteiger partial charge in [0.2, 0.25) is 0 Å². The molecule has 0 saturated carbocycles. The first-order chi connectivity index (χ1) is 4.20. The van der Waals surface area contributed by atoms with Crippen LogP contribution in [0.25, 0.3) is 5.73 Å². The first-order valence-corrected chi connectivity index (χ1v) is 3.10. The summed E-state index contributed by atoms with van der Waals surface area (Å²) in [5, 5.41) is 0. The van der Waals surface area contributed by atoms with E-state index in [1.54, 1.807) is 12.1 Å². The van der Waals surface area contributed by atoms with E-state index in [4.69, 9.17) is 18.4 Å². The maximum Gasteiger partial charge on any atom is 2.00 e. The van der Waals surface area contributed by atoms with Crippen LogP contribution in [0.5, 0.6) is 0 Å². The zero-order chi connectivity index (χ0) is 6.85. The number of hydrogen-bond donors (Lipinski definition) is 0. The monoisotopic (exact) mass is 201 g/mol. The van der Waals surface area contributed by atoms with Gasteiger partial charge in [0.1, 0.15) is 0 Å². The molecule has 0 aliphatic carbocycles. The van der Waals surface area contributed by atoms with Crippen molar-refractivity contribution >= 4 is 18.3 Å². The summed E-state index contributed by atoms with van der Waals surface area (Å²) >= 11 is 4.83. The van der Waals surface area contributed by atoms with Gasteiger partial charge in [-0.1, -0.05) is 23.8 Å². The van der Waals surface area contributed by atoms with Crippen molar-refractivity contribution in [1.29, 1.82) is 0 Å². The van der Waals surface area contributed by atoms with Gasteiger partial charge in [0.05, 0.1) is 0 Å². The maximum atomic E-state index is 7.26. The van der Waals surface area contributed by atoms with E-state index in [1.165, 1.54) is 0 Å². The molecule has 0 radical (unpaired) electrons. The summed E-state index contributed by atoms with van der Waals surface area (Å²) in [5.41, 5.74) is 8.80. The molecule has 3 heteroatoms. The number of hydrogen-bond acceptors (Lipinski definition) is 1. The third kappa shape index (κ3) is 2.24. The molecule has 0 spiro atoms. The third-order valence-electron chi connectivity index (χ3n) is 1.14. The quantitative estimate of drug-likeness (QED) is 0.469. The van der Waals surface area contributed by atoms with Crippen LogP contribution >= 0.6 is 0 Å². The Kier molecular flexibility index (Phi) is 3.84. The van der Waals surface area contributed by atoms with E-state index in [0.717, 1.165) is 5.56 Å². The molecule has 0 aliphatic heterocycles. The predicted molar refractivity (Wildman–Crippen MR) is 40.8 cm³/mol. The molecular weight excluding hydrogens is 196 g/mol. The van der Waals surface area contributed by atoms with Gasteiger partial charge in [-0.25, -0.2) is 0 Å². The van der Waals surface area contributed by atoms with Crippen molar-refractivity contribution in [3.8, 4) is 0 Å². The molecule has 10 heavy (non-hydrogen) atoms. The minimum atomic E-state index is 0. The van der Waals surface area contributed by atoms with Crippen LogP contribution in [0.2, 0.25) is 0 Å². The molecule has 1 N–H and O–H groups in total. The summed E-state index contributed by atoms with van der Waals surface area (Å²) in [4.78, 5) is 0.626. The topological polar surface area (TPSA) is 23.8 Å². The smallest absolute Gasteiger partial charge is 0.781 e. The van der Waals surface area contributed by atoms with Gasteiger partial charge in [0, 0.05) is 0 Å². The fourth-order valence-corrected chi connectivity index (χ4v) is 0.771. The van der Waals surface area contributed by atoms with Crippen molar-refractivity contribution in [3.05, 3.63) is 29.5 Å². The zero-order valence-electron chi connectivity index (χ0n) is 5.85. The molecule has 0 heterocycles. The summed E-state index contributed by atoms with van der Waals surface area (Å²) in [6.45, 7) is 1.95. The zero-order valence-corrected chi connectivity index (χ0v) is 9.63. The first kappa shape index (κ1) is 9.86. The van der Waals surface area contributed by atoms with E-state index in [0.29, 0.717) is 10.6 Å². The molecule has 0 unspecified atom stereocenters. The Bertz CT molecular complexity index is 225. The Hall–Kier alpha value is -0.137. The molecule has 0 aliphatic rings. The van der Waals surface area contributed by atoms with Gasteiger partial charge in [-0.15, -0.1) is 0 Å². The van der Waals surface area contributed by atoms with Crippen LogP contribution in [-0.2, 0) is 32.1 Å². The summed E-state index contributed by atoms with van der Waals surface area (Å²) in [7, 11) is 0. The van der Waals surface area contributed by atoms with E-state index >= 15 is 0 Å². The van der Waals surface area contributed by atoms with Gasteiger partial charge in [-0.05, 0) is 6.92 Å². The molecule has 1 aromatic rings. The van der Waals surface area contributed by atoms with E-state index in [2.05, 4.69) is 0 Å². The molecule has 0 bridgehead atoms. The number of benzene rings is 1. The van der Waals surface area contributed by atoms with E-state index in [1.807, 2.05) is 13.0 Å².